The van der Waals surface area contributed by atoms with Crippen LogP contribution in [0.4, 0.5) is 5.69 Å². The Morgan fingerprint density at radius 3 is 2.85 bits per heavy atom. The van der Waals surface area contributed by atoms with Crippen molar-refractivity contribution >= 4 is 11.7 Å². The number of benzene rings is 1. The van der Waals surface area contributed by atoms with E-state index in [0.29, 0.717) is 17.5 Å². The number of aryl methyl sites for hydroxylation is 1. The van der Waals surface area contributed by atoms with Crippen LogP contribution in [0, 0.1) is 12.8 Å². The Labute approximate surface area is 120 Å². The van der Waals surface area contributed by atoms with Crippen LogP contribution in [-0.4, -0.2) is 42.2 Å². The average Bonchev–Trinajstić information content (AvgIpc) is 2.40. The fourth-order valence-corrected chi connectivity index (χ4v) is 2.94. The Kier molecular flexibility index (Phi) is 4.65. The van der Waals surface area contributed by atoms with Crippen molar-refractivity contribution in [3.63, 3.8) is 0 Å². The third kappa shape index (κ3) is 3.51. The summed E-state index contributed by atoms with van der Waals surface area (Å²) in [4.78, 5) is 13.3. The van der Waals surface area contributed by atoms with Gasteiger partial charge in [-0.25, -0.2) is 4.79 Å². The normalized spacial score (nSPS) is 21.4. The first-order chi connectivity index (χ1) is 9.47. The minimum absolute atomic E-state index is 0.345. The molecule has 1 fully saturated rings. The van der Waals surface area contributed by atoms with Gasteiger partial charge in [0.15, 0.2) is 0 Å². The lowest BCUT2D eigenvalue weighted by Gasteiger charge is -2.34. The van der Waals surface area contributed by atoms with Crippen molar-refractivity contribution in [2.45, 2.75) is 32.7 Å². The number of nitrogens with one attached hydrogen (secondary N) is 1. The van der Waals surface area contributed by atoms with Crippen LogP contribution in [-0.2, 0) is 0 Å². The summed E-state index contributed by atoms with van der Waals surface area (Å²) in [5, 5.41) is 12.5. The van der Waals surface area contributed by atoms with E-state index in [1.54, 1.807) is 12.1 Å². The highest BCUT2D eigenvalue weighted by Gasteiger charge is 2.23. The largest absolute Gasteiger partial charge is 0.478 e. The number of hydrogen-bond acceptors (Lipinski definition) is 3. The predicted molar refractivity (Wildman–Crippen MR) is 81.4 cm³/mol. The van der Waals surface area contributed by atoms with E-state index in [1.165, 1.54) is 19.4 Å². The molecule has 0 radical (unpaired) electrons. The van der Waals surface area contributed by atoms with Gasteiger partial charge in [0.05, 0.1) is 5.56 Å². The van der Waals surface area contributed by atoms with Gasteiger partial charge in [0.25, 0.3) is 0 Å². The molecule has 1 aliphatic heterocycles. The third-order valence-electron chi connectivity index (χ3n) is 4.22. The van der Waals surface area contributed by atoms with Gasteiger partial charge in [-0.15, -0.1) is 0 Å². The minimum Gasteiger partial charge on any atom is -0.478 e. The summed E-state index contributed by atoms with van der Waals surface area (Å²) < 4.78 is 0. The number of anilines is 1. The second-order valence-corrected chi connectivity index (χ2v) is 5.93. The molecule has 0 saturated carbocycles. The number of likely N-dealkylation sites (tertiary alicyclic amines) is 1. The lowest BCUT2D eigenvalue weighted by atomic mass is 9.91. The van der Waals surface area contributed by atoms with Gasteiger partial charge in [0.1, 0.15) is 0 Å². The van der Waals surface area contributed by atoms with Crippen molar-refractivity contribution in [2.75, 3.05) is 25.5 Å². The van der Waals surface area contributed by atoms with E-state index >= 15 is 0 Å². The quantitative estimate of drug-likeness (QED) is 0.888. The zero-order valence-electron chi connectivity index (χ0n) is 12.5. The summed E-state index contributed by atoms with van der Waals surface area (Å²) >= 11 is 0. The number of rotatable bonds is 4. The summed E-state index contributed by atoms with van der Waals surface area (Å²) in [5.74, 6) is -0.228. The van der Waals surface area contributed by atoms with Gasteiger partial charge >= 0.3 is 5.97 Å². The number of nitrogens with zero attached hydrogens (tertiary/aromatic N) is 1. The summed E-state index contributed by atoms with van der Waals surface area (Å²) in [6, 6.07) is 5.66. The van der Waals surface area contributed by atoms with Crippen molar-refractivity contribution in [3.05, 3.63) is 29.3 Å². The first-order valence-electron chi connectivity index (χ1n) is 7.26. The van der Waals surface area contributed by atoms with Crippen LogP contribution < -0.4 is 5.32 Å². The molecule has 4 nitrogen and oxygen atoms in total. The molecule has 1 heterocycles. The van der Waals surface area contributed by atoms with Gasteiger partial charge < -0.3 is 15.3 Å². The molecule has 110 valence electrons. The smallest absolute Gasteiger partial charge is 0.335 e. The molecular weight excluding hydrogens is 252 g/mol. The fraction of sp³-hybridized carbons (Fsp3) is 0.562. The van der Waals surface area contributed by atoms with Gasteiger partial charge in [-0.3, -0.25) is 0 Å². The number of aromatic carboxylic acids is 1. The fourth-order valence-electron chi connectivity index (χ4n) is 2.94. The topological polar surface area (TPSA) is 52.6 Å². The van der Waals surface area contributed by atoms with Crippen molar-refractivity contribution in [1.29, 1.82) is 0 Å². The van der Waals surface area contributed by atoms with E-state index in [4.69, 9.17) is 5.11 Å². The third-order valence-corrected chi connectivity index (χ3v) is 4.22. The van der Waals surface area contributed by atoms with E-state index < -0.39 is 5.97 Å². The SMILES string of the molecule is Cc1cc(C(=O)O)ccc1NC(C)C1CCCN(C)C1. The molecular formula is C16H24N2O2. The molecule has 2 N–H and O–H groups in total. The van der Waals surface area contributed by atoms with Crippen molar-refractivity contribution in [3.8, 4) is 0 Å². The Balaban J connectivity index is 2.03. The maximum absolute atomic E-state index is 10.9. The first kappa shape index (κ1) is 14.9. The molecule has 0 aliphatic carbocycles. The van der Waals surface area contributed by atoms with E-state index in [9.17, 15) is 4.79 Å². The Bertz CT molecular complexity index is 487. The molecule has 1 saturated heterocycles. The van der Waals surface area contributed by atoms with E-state index in [-0.39, 0.29) is 0 Å². The number of carboxylic acids is 1. The molecule has 2 unspecified atom stereocenters. The number of carbonyl (C=O) groups is 1. The van der Waals surface area contributed by atoms with Gasteiger partial charge in [0, 0.05) is 18.3 Å². The van der Waals surface area contributed by atoms with E-state index in [0.717, 1.165) is 17.8 Å². The molecule has 2 atom stereocenters. The van der Waals surface area contributed by atoms with Crippen molar-refractivity contribution in [2.24, 2.45) is 5.92 Å². The summed E-state index contributed by atoms with van der Waals surface area (Å²) in [6.07, 6.45) is 2.51. The van der Waals surface area contributed by atoms with Crippen LogP contribution in [0.15, 0.2) is 18.2 Å². The summed E-state index contributed by atoms with van der Waals surface area (Å²) in [7, 11) is 2.17. The zero-order chi connectivity index (χ0) is 14.7. The molecule has 4 heteroatoms. The monoisotopic (exact) mass is 276 g/mol. The molecule has 0 aromatic heterocycles. The van der Waals surface area contributed by atoms with E-state index in [2.05, 4.69) is 24.2 Å². The Morgan fingerprint density at radius 2 is 2.25 bits per heavy atom. The van der Waals surface area contributed by atoms with Gasteiger partial charge in [0.2, 0.25) is 0 Å². The van der Waals surface area contributed by atoms with Gasteiger partial charge in [-0.2, -0.15) is 0 Å². The molecule has 0 spiro atoms. The highest BCUT2D eigenvalue weighted by Crippen LogP contribution is 2.24. The minimum atomic E-state index is -0.874. The molecule has 1 aromatic carbocycles. The summed E-state index contributed by atoms with van der Waals surface area (Å²) in [6.45, 7) is 6.48. The second kappa shape index (κ2) is 6.27. The molecule has 2 rings (SSSR count). The Hall–Kier alpha value is -1.55. The highest BCUT2D eigenvalue weighted by molar-refractivity contribution is 5.88. The number of hydrogen-bond donors (Lipinski definition) is 2. The van der Waals surface area contributed by atoms with Gasteiger partial charge in [-0.05, 0) is 70.0 Å². The van der Waals surface area contributed by atoms with Crippen molar-refractivity contribution < 1.29 is 9.90 Å². The number of piperidine rings is 1. The van der Waals surface area contributed by atoms with Crippen LogP contribution in [0.3, 0.4) is 0 Å². The maximum Gasteiger partial charge on any atom is 0.335 e. The molecule has 1 aliphatic rings. The highest BCUT2D eigenvalue weighted by atomic mass is 16.4. The maximum atomic E-state index is 10.9. The second-order valence-electron chi connectivity index (χ2n) is 5.93. The lowest BCUT2D eigenvalue weighted by molar-refractivity contribution is 0.0697. The predicted octanol–water partition coefficient (Wildman–Crippen LogP) is 2.84. The Morgan fingerprint density at radius 1 is 1.50 bits per heavy atom. The zero-order valence-corrected chi connectivity index (χ0v) is 12.5. The lowest BCUT2D eigenvalue weighted by Crippen LogP contribution is -2.39. The standard InChI is InChI=1S/C16H24N2O2/c1-11-9-13(16(19)20)6-7-15(11)17-12(2)14-5-4-8-18(3)10-14/h6-7,9,12,14,17H,4-5,8,10H2,1-3H3,(H,19,20). The molecule has 0 bridgehead atoms. The van der Waals surface area contributed by atoms with Gasteiger partial charge in [-0.1, -0.05) is 0 Å². The molecule has 1 aromatic rings. The van der Waals surface area contributed by atoms with Crippen LogP contribution >= 0.6 is 0 Å². The van der Waals surface area contributed by atoms with Crippen LogP contribution in [0.5, 0.6) is 0 Å². The molecule has 0 amide bonds. The average molecular weight is 276 g/mol. The molecule has 20 heavy (non-hydrogen) atoms. The van der Waals surface area contributed by atoms with Crippen LogP contribution in [0.2, 0.25) is 0 Å². The van der Waals surface area contributed by atoms with Crippen molar-refractivity contribution in [1.82, 2.24) is 4.90 Å². The van der Waals surface area contributed by atoms with E-state index in [1.807, 2.05) is 13.0 Å². The van der Waals surface area contributed by atoms with Crippen LogP contribution in [0.25, 0.3) is 0 Å². The van der Waals surface area contributed by atoms with Crippen LogP contribution in [0.1, 0.15) is 35.7 Å². The first-order valence-corrected chi connectivity index (χ1v) is 7.26. The number of carboxylic acid groups (broad SMARTS) is 1. The summed E-state index contributed by atoms with van der Waals surface area (Å²) in [5.41, 5.74) is 2.37.